The Hall–Kier alpha value is -0.900. The molecule has 0 N–H and O–H groups in total. The fourth-order valence-corrected chi connectivity index (χ4v) is 2.98. The molecule has 4 nitrogen and oxygen atoms in total. The first kappa shape index (κ1) is 19.1. The highest BCUT2D eigenvalue weighted by atomic mass is 16.6. The van der Waals surface area contributed by atoms with Gasteiger partial charge in [0.25, 0.3) is 0 Å². The fourth-order valence-electron chi connectivity index (χ4n) is 2.98. The van der Waals surface area contributed by atoms with Crippen molar-refractivity contribution >= 4 is 11.9 Å². The molecule has 1 fully saturated rings. The average molecular weight is 312 g/mol. The van der Waals surface area contributed by atoms with Crippen LogP contribution in [0, 0.1) is 28.6 Å². The smallest absolute Gasteiger partial charge is 0.320 e. The van der Waals surface area contributed by atoms with Gasteiger partial charge in [-0.3, -0.25) is 9.59 Å². The van der Waals surface area contributed by atoms with E-state index < -0.39 is 23.8 Å². The van der Waals surface area contributed by atoms with E-state index in [1.807, 2.05) is 20.8 Å². The van der Waals surface area contributed by atoms with Gasteiger partial charge >= 0.3 is 11.9 Å². The molecule has 0 spiro atoms. The first-order valence-corrected chi connectivity index (χ1v) is 8.20. The van der Waals surface area contributed by atoms with Crippen LogP contribution < -0.4 is 0 Å². The van der Waals surface area contributed by atoms with Crippen LogP contribution in [-0.2, 0) is 19.1 Å². The zero-order valence-electron chi connectivity index (χ0n) is 15.4. The number of carbonyl (C=O) groups excluding carboxylic acids is 2. The van der Waals surface area contributed by atoms with Gasteiger partial charge in [-0.1, -0.05) is 55.4 Å². The van der Waals surface area contributed by atoms with Crippen LogP contribution in [0.3, 0.4) is 0 Å². The van der Waals surface area contributed by atoms with Gasteiger partial charge in [-0.05, 0) is 23.2 Å². The van der Waals surface area contributed by atoms with Gasteiger partial charge in [-0.25, -0.2) is 0 Å². The van der Waals surface area contributed by atoms with E-state index in [-0.39, 0.29) is 16.9 Å². The van der Waals surface area contributed by atoms with Crippen molar-refractivity contribution in [3.63, 3.8) is 0 Å². The van der Waals surface area contributed by atoms with Gasteiger partial charge in [-0.2, -0.15) is 0 Å². The fraction of sp³-hybridized carbons (Fsp3) is 0.889. The van der Waals surface area contributed by atoms with Gasteiger partial charge in [0.15, 0.2) is 0 Å². The van der Waals surface area contributed by atoms with Crippen LogP contribution in [0.25, 0.3) is 0 Å². The molecule has 3 atom stereocenters. The van der Waals surface area contributed by atoms with E-state index in [0.717, 1.165) is 6.42 Å². The molecule has 0 aromatic heterocycles. The van der Waals surface area contributed by atoms with Crippen molar-refractivity contribution in [1.29, 1.82) is 0 Å². The van der Waals surface area contributed by atoms with Crippen LogP contribution in [0.1, 0.15) is 61.8 Å². The highest BCUT2D eigenvalue weighted by Crippen LogP contribution is 2.43. The maximum atomic E-state index is 12.3. The predicted octanol–water partition coefficient (Wildman–Crippen LogP) is 3.83. The van der Waals surface area contributed by atoms with Gasteiger partial charge < -0.3 is 9.47 Å². The Labute approximate surface area is 134 Å². The Kier molecular flexibility index (Phi) is 5.82. The molecule has 1 aliphatic heterocycles. The van der Waals surface area contributed by atoms with Crippen LogP contribution in [-0.4, -0.2) is 24.6 Å². The van der Waals surface area contributed by atoms with Crippen LogP contribution in [0.4, 0.5) is 0 Å². The molecule has 0 bridgehead atoms. The van der Waals surface area contributed by atoms with E-state index in [1.165, 1.54) is 0 Å². The molecule has 1 heterocycles. The minimum absolute atomic E-state index is 0.00992. The van der Waals surface area contributed by atoms with Crippen molar-refractivity contribution in [2.24, 2.45) is 28.6 Å². The topological polar surface area (TPSA) is 52.6 Å². The third kappa shape index (κ3) is 5.08. The van der Waals surface area contributed by atoms with Crippen LogP contribution in [0.15, 0.2) is 0 Å². The standard InChI is InChI=1S/C18H32O4/c1-11(2)10-21-12(9-17(3,4)5)13-14(18(6,7)8)16(20)22-15(13)19/h11-14H,9-10H2,1-8H3. The molecule has 1 saturated heterocycles. The molecule has 0 saturated carbocycles. The third-order valence-corrected chi connectivity index (χ3v) is 3.88. The van der Waals surface area contributed by atoms with E-state index in [2.05, 4.69) is 34.6 Å². The molecule has 128 valence electrons. The summed E-state index contributed by atoms with van der Waals surface area (Å²) >= 11 is 0. The second-order valence-electron chi connectivity index (χ2n) is 9.14. The molecule has 3 unspecified atom stereocenters. The number of hydrogen-bond donors (Lipinski definition) is 0. The molecular formula is C18H32O4. The van der Waals surface area contributed by atoms with Gasteiger partial charge in [0, 0.05) is 6.61 Å². The molecule has 0 aromatic carbocycles. The monoisotopic (exact) mass is 312 g/mol. The minimum Gasteiger partial charge on any atom is -0.393 e. The van der Waals surface area contributed by atoms with Crippen molar-refractivity contribution < 1.29 is 19.1 Å². The number of carbonyl (C=O) groups is 2. The first-order valence-electron chi connectivity index (χ1n) is 8.20. The molecule has 0 amide bonds. The highest BCUT2D eigenvalue weighted by Gasteiger charge is 2.54. The zero-order chi connectivity index (χ0) is 17.3. The van der Waals surface area contributed by atoms with E-state index in [1.54, 1.807) is 0 Å². The third-order valence-electron chi connectivity index (χ3n) is 3.88. The molecule has 1 rings (SSSR count). The number of cyclic esters (lactones) is 2. The average Bonchev–Trinajstić information content (AvgIpc) is 2.57. The Balaban J connectivity index is 3.08. The molecule has 4 heteroatoms. The van der Waals surface area contributed by atoms with Crippen molar-refractivity contribution in [3.8, 4) is 0 Å². The number of rotatable bonds is 5. The predicted molar refractivity (Wildman–Crippen MR) is 86.2 cm³/mol. The van der Waals surface area contributed by atoms with Crippen molar-refractivity contribution in [2.75, 3.05) is 6.61 Å². The van der Waals surface area contributed by atoms with E-state index in [4.69, 9.17) is 9.47 Å². The Morgan fingerprint density at radius 2 is 1.59 bits per heavy atom. The molecule has 1 aliphatic rings. The van der Waals surface area contributed by atoms with Gasteiger partial charge in [0.1, 0.15) is 0 Å². The van der Waals surface area contributed by atoms with Crippen LogP contribution in [0.2, 0.25) is 0 Å². The second kappa shape index (κ2) is 6.69. The lowest BCUT2D eigenvalue weighted by atomic mass is 9.70. The molecule has 0 radical (unpaired) electrons. The van der Waals surface area contributed by atoms with Crippen molar-refractivity contribution in [1.82, 2.24) is 0 Å². The van der Waals surface area contributed by atoms with Crippen molar-refractivity contribution in [3.05, 3.63) is 0 Å². The Bertz CT molecular complexity index is 412. The van der Waals surface area contributed by atoms with Gasteiger partial charge in [-0.15, -0.1) is 0 Å². The summed E-state index contributed by atoms with van der Waals surface area (Å²) in [7, 11) is 0. The summed E-state index contributed by atoms with van der Waals surface area (Å²) in [6.07, 6.45) is 0.435. The highest BCUT2D eigenvalue weighted by molar-refractivity contribution is 5.97. The minimum atomic E-state index is -0.509. The van der Waals surface area contributed by atoms with Crippen LogP contribution in [0.5, 0.6) is 0 Å². The molecular weight excluding hydrogens is 280 g/mol. The maximum Gasteiger partial charge on any atom is 0.320 e. The van der Waals surface area contributed by atoms with Gasteiger partial charge in [0.2, 0.25) is 0 Å². The summed E-state index contributed by atoms with van der Waals surface area (Å²) in [4.78, 5) is 24.4. The second-order valence-corrected chi connectivity index (χ2v) is 9.14. The summed E-state index contributed by atoms with van der Waals surface area (Å²) in [5, 5.41) is 0. The Morgan fingerprint density at radius 3 is 2.00 bits per heavy atom. The quantitative estimate of drug-likeness (QED) is 0.572. The van der Waals surface area contributed by atoms with E-state index in [9.17, 15) is 9.59 Å². The van der Waals surface area contributed by atoms with E-state index >= 15 is 0 Å². The van der Waals surface area contributed by atoms with Crippen LogP contribution >= 0.6 is 0 Å². The summed E-state index contributed by atoms with van der Waals surface area (Å²) in [6, 6.07) is 0. The molecule has 22 heavy (non-hydrogen) atoms. The Morgan fingerprint density at radius 1 is 1.05 bits per heavy atom. The number of ether oxygens (including phenoxy) is 2. The summed E-state index contributed by atoms with van der Waals surface area (Å²) in [5.41, 5.74) is -0.318. The lowest BCUT2D eigenvalue weighted by Gasteiger charge is -2.35. The first-order chi connectivity index (χ1) is 9.83. The van der Waals surface area contributed by atoms with Gasteiger partial charge in [0.05, 0.1) is 17.9 Å². The maximum absolute atomic E-state index is 12.3. The summed E-state index contributed by atoms with van der Waals surface area (Å²) in [5.74, 6) is -1.41. The summed E-state index contributed by atoms with van der Waals surface area (Å²) in [6.45, 7) is 17.0. The normalized spacial score (nSPS) is 24.8. The number of esters is 2. The zero-order valence-corrected chi connectivity index (χ0v) is 15.4. The molecule has 0 aliphatic carbocycles. The van der Waals surface area contributed by atoms with E-state index in [0.29, 0.717) is 12.5 Å². The summed E-state index contributed by atoms with van der Waals surface area (Å²) < 4.78 is 11.0. The van der Waals surface area contributed by atoms with Crippen molar-refractivity contribution in [2.45, 2.75) is 67.9 Å². The lowest BCUT2D eigenvalue weighted by Crippen LogP contribution is -2.41. The number of hydrogen-bond acceptors (Lipinski definition) is 4. The SMILES string of the molecule is CC(C)COC(CC(C)(C)C)C1C(=O)OC(=O)C1C(C)(C)C. The lowest BCUT2D eigenvalue weighted by molar-refractivity contribution is -0.155. The largest absolute Gasteiger partial charge is 0.393 e. The molecule has 0 aromatic rings.